The summed E-state index contributed by atoms with van der Waals surface area (Å²) < 4.78 is 1.63. The molecular formula is C11H11Cl3N4O. The van der Waals surface area contributed by atoms with E-state index in [4.69, 9.17) is 34.7 Å². The zero-order chi connectivity index (χ0) is 13.4. The number of hydrogen-bond acceptors (Lipinski definition) is 1. The van der Waals surface area contributed by atoms with Gasteiger partial charge in [-0.25, -0.2) is 0 Å². The second kappa shape index (κ2) is 5.69. The lowest BCUT2D eigenvalue weighted by atomic mass is 10.2. The Hall–Kier alpha value is -1.43. The van der Waals surface area contributed by atoms with Crippen LogP contribution in [0.3, 0.4) is 0 Å². The second-order valence-electron chi connectivity index (χ2n) is 3.72. The summed E-state index contributed by atoms with van der Waals surface area (Å²) in [6, 6.07) is 5.18. The Labute approximate surface area is 125 Å². The molecule has 0 radical (unpaired) electrons. The first kappa shape index (κ1) is 15.6. The minimum Gasteiger partial charge on any atom is -0.370 e. The smallest absolute Gasteiger partial charge is 0.298 e. The summed E-state index contributed by atoms with van der Waals surface area (Å²) in [5.74, 6) is -0.894. The maximum absolute atomic E-state index is 11.9. The molecule has 0 fully saturated rings. The topological polar surface area (TPSA) is 86.4 Å². The average molecular weight is 322 g/mol. The van der Waals surface area contributed by atoms with Crippen molar-refractivity contribution in [1.82, 2.24) is 4.57 Å². The fourth-order valence-corrected chi connectivity index (χ4v) is 2.31. The van der Waals surface area contributed by atoms with Crippen molar-refractivity contribution in [2.24, 2.45) is 23.5 Å². The highest BCUT2D eigenvalue weighted by Crippen LogP contribution is 2.32. The molecule has 19 heavy (non-hydrogen) atoms. The maximum Gasteiger partial charge on any atom is 0.298 e. The number of carbonyl (C=O) groups is 1. The predicted octanol–water partition coefficient (Wildman–Crippen LogP) is 2.32. The fraction of sp³-hybridized carbons (Fsp3) is 0.0909. The third-order valence-electron chi connectivity index (χ3n) is 2.53. The van der Waals surface area contributed by atoms with Crippen molar-refractivity contribution in [2.75, 3.05) is 0 Å². The number of carbonyl (C=O) groups excluding carboxylic acids is 1. The molecule has 0 aliphatic rings. The van der Waals surface area contributed by atoms with Crippen LogP contribution in [0.15, 0.2) is 23.2 Å². The van der Waals surface area contributed by atoms with E-state index < -0.39 is 5.91 Å². The molecule has 4 N–H and O–H groups in total. The highest BCUT2D eigenvalue weighted by atomic mass is 35.5. The Morgan fingerprint density at radius 2 is 1.95 bits per heavy atom. The van der Waals surface area contributed by atoms with Crippen LogP contribution in [0.4, 0.5) is 0 Å². The Morgan fingerprint density at radius 3 is 2.53 bits per heavy atom. The standard InChI is InChI=1S/C11H10Cl2N4O.ClH/c1-17-7-3-2-5(12)4-6(7)8(13)9(17)10(18)16-11(14)15;/h2-4H,1H3,(H4,14,15,16,18);1H. The van der Waals surface area contributed by atoms with E-state index in [1.165, 1.54) is 0 Å². The number of benzene rings is 1. The van der Waals surface area contributed by atoms with Gasteiger partial charge in [0.25, 0.3) is 5.91 Å². The Morgan fingerprint density at radius 1 is 1.32 bits per heavy atom. The number of nitrogens with two attached hydrogens (primary N) is 2. The molecular weight excluding hydrogens is 311 g/mol. The molecule has 5 nitrogen and oxygen atoms in total. The molecule has 2 rings (SSSR count). The third kappa shape index (κ3) is 2.78. The van der Waals surface area contributed by atoms with Crippen LogP contribution in [0.25, 0.3) is 10.9 Å². The molecule has 0 bridgehead atoms. The van der Waals surface area contributed by atoms with Crippen molar-refractivity contribution in [1.29, 1.82) is 0 Å². The highest BCUT2D eigenvalue weighted by Gasteiger charge is 2.19. The van der Waals surface area contributed by atoms with Crippen LogP contribution in [0.1, 0.15) is 10.5 Å². The largest absolute Gasteiger partial charge is 0.370 e. The summed E-state index contributed by atoms with van der Waals surface area (Å²) in [7, 11) is 1.71. The van der Waals surface area contributed by atoms with Gasteiger partial charge in [-0.15, -0.1) is 12.4 Å². The number of guanidine groups is 1. The van der Waals surface area contributed by atoms with E-state index in [1.807, 2.05) is 0 Å². The molecule has 102 valence electrons. The predicted molar refractivity (Wildman–Crippen MR) is 80.3 cm³/mol. The van der Waals surface area contributed by atoms with Crippen molar-refractivity contribution in [2.45, 2.75) is 0 Å². The molecule has 1 aromatic heterocycles. The molecule has 0 unspecified atom stereocenters. The van der Waals surface area contributed by atoms with Gasteiger partial charge in [-0.2, -0.15) is 4.99 Å². The van der Waals surface area contributed by atoms with Gasteiger partial charge in [0.2, 0.25) is 0 Å². The number of aliphatic imine (C=N–C) groups is 1. The van der Waals surface area contributed by atoms with Gasteiger partial charge in [0, 0.05) is 17.5 Å². The number of halogens is 3. The van der Waals surface area contributed by atoms with E-state index in [-0.39, 0.29) is 29.1 Å². The van der Waals surface area contributed by atoms with Crippen molar-refractivity contribution >= 4 is 58.4 Å². The van der Waals surface area contributed by atoms with Gasteiger partial charge < -0.3 is 16.0 Å². The molecule has 0 aliphatic heterocycles. The molecule has 1 heterocycles. The Bertz CT molecular complexity index is 674. The minimum atomic E-state index is -0.588. The lowest BCUT2D eigenvalue weighted by Gasteiger charge is -2.00. The number of amides is 1. The highest BCUT2D eigenvalue weighted by molar-refractivity contribution is 6.40. The van der Waals surface area contributed by atoms with Crippen LogP contribution >= 0.6 is 35.6 Å². The van der Waals surface area contributed by atoms with E-state index in [2.05, 4.69) is 4.99 Å². The Balaban J connectivity index is 0.00000180. The van der Waals surface area contributed by atoms with Gasteiger partial charge >= 0.3 is 0 Å². The number of rotatable bonds is 1. The van der Waals surface area contributed by atoms with Crippen molar-refractivity contribution in [3.05, 3.63) is 33.9 Å². The molecule has 1 amide bonds. The molecule has 0 aliphatic carbocycles. The monoisotopic (exact) mass is 320 g/mol. The van der Waals surface area contributed by atoms with Crippen molar-refractivity contribution in [3.8, 4) is 0 Å². The SMILES string of the molecule is Cl.Cn1c(C(=O)N=C(N)N)c(Cl)c2cc(Cl)ccc21. The van der Waals surface area contributed by atoms with Crippen LogP contribution in [0, 0.1) is 0 Å². The molecule has 0 saturated heterocycles. The second-order valence-corrected chi connectivity index (χ2v) is 4.54. The fourth-order valence-electron chi connectivity index (χ4n) is 1.78. The van der Waals surface area contributed by atoms with Crippen LogP contribution in [-0.2, 0) is 7.05 Å². The van der Waals surface area contributed by atoms with E-state index in [9.17, 15) is 4.79 Å². The van der Waals surface area contributed by atoms with Gasteiger partial charge in [0.15, 0.2) is 5.96 Å². The quantitative estimate of drug-likeness (QED) is 0.624. The summed E-state index contributed by atoms with van der Waals surface area (Å²) >= 11 is 12.1. The van der Waals surface area contributed by atoms with Gasteiger partial charge in [-0.05, 0) is 18.2 Å². The number of aromatic nitrogens is 1. The average Bonchev–Trinajstić information content (AvgIpc) is 2.50. The van der Waals surface area contributed by atoms with Crippen LogP contribution in [0.2, 0.25) is 10.0 Å². The van der Waals surface area contributed by atoms with Crippen LogP contribution in [-0.4, -0.2) is 16.4 Å². The minimum absolute atomic E-state index is 0. The van der Waals surface area contributed by atoms with E-state index in [1.54, 1.807) is 29.8 Å². The molecule has 0 spiro atoms. The summed E-state index contributed by atoms with van der Waals surface area (Å²) in [4.78, 5) is 15.3. The van der Waals surface area contributed by atoms with Crippen molar-refractivity contribution < 1.29 is 4.79 Å². The Kier molecular flexibility index (Phi) is 4.68. The summed E-state index contributed by atoms with van der Waals surface area (Å²) in [5.41, 5.74) is 11.4. The summed E-state index contributed by atoms with van der Waals surface area (Å²) in [5, 5.41) is 1.50. The first-order chi connectivity index (χ1) is 8.41. The molecule has 1 aromatic carbocycles. The number of fused-ring (bicyclic) bond motifs is 1. The zero-order valence-electron chi connectivity index (χ0n) is 9.85. The maximum atomic E-state index is 11.9. The normalized spacial score (nSPS) is 10.1. The summed E-state index contributed by atoms with van der Waals surface area (Å²) in [6.07, 6.45) is 0. The van der Waals surface area contributed by atoms with E-state index in [0.717, 1.165) is 5.52 Å². The number of aryl methyl sites for hydroxylation is 1. The zero-order valence-corrected chi connectivity index (χ0v) is 12.2. The molecule has 8 heteroatoms. The van der Waals surface area contributed by atoms with Gasteiger partial charge in [-0.1, -0.05) is 23.2 Å². The van der Waals surface area contributed by atoms with Gasteiger partial charge in [0.05, 0.1) is 10.5 Å². The number of nitrogens with zero attached hydrogens (tertiary/aromatic N) is 2. The van der Waals surface area contributed by atoms with E-state index in [0.29, 0.717) is 10.4 Å². The van der Waals surface area contributed by atoms with E-state index >= 15 is 0 Å². The molecule has 2 aromatic rings. The van der Waals surface area contributed by atoms with Gasteiger partial charge in [0.1, 0.15) is 5.69 Å². The molecule has 0 saturated carbocycles. The molecule has 0 atom stereocenters. The van der Waals surface area contributed by atoms with Crippen LogP contribution < -0.4 is 11.5 Å². The summed E-state index contributed by atoms with van der Waals surface area (Å²) in [6.45, 7) is 0. The van der Waals surface area contributed by atoms with Crippen molar-refractivity contribution in [3.63, 3.8) is 0 Å². The lowest BCUT2D eigenvalue weighted by Crippen LogP contribution is -2.24. The number of hydrogen-bond donors (Lipinski definition) is 2. The van der Waals surface area contributed by atoms with Crippen LogP contribution in [0.5, 0.6) is 0 Å². The lowest BCUT2D eigenvalue weighted by molar-refractivity contribution is 0.0995. The van der Waals surface area contributed by atoms with Gasteiger partial charge in [-0.3, -0.25) is 4.79 Å². The third-order valence-corrected chi connectivity index (χ3v) is 3.15. The first-order valence-electron chi connectivity index (χ1n) is 4.99. The first-order valence-corrected chi connectivity index (χ1v) is 5.75.